The van der Waals surface area contributed by atoms with E-state index in [4.69, 9.17) is 16.2 Å². The van der Waals surface area contributed by atoms with Crippen molar-refractivity contribution >= 4 is 11.6 Å². The normalized spacial score (nSPS) is 9.79. The van der Waals surface area contributed by atoms with Crippen molar-refractivity contribution in [3.05, 3.63) is 23.8 Å². The Morgan fingerprint density at radius 2 is 2.21 bits per heavy atom. The number of anilines is 1. The standard InChI is InChI=1S/C10H14N2O2/c1-2-5-14-9-6-7(10(12)13)3-4-8(9)11/h3-4,6H,2,5,11H2,1H3,(H2,12,13). The Kier molecular flexibility index (Phi) is 3.34. The van der Waals surface area contributed by atoms with Gasteiger partial charge in [-0.05, 0) is 24.6 Å². The molecule has 0 aliphatic heterocycles. The van der Waals surface area contributed by atoms with Crippen LogP contribution in [0, 0.1) is 0 Å². The van der Waals surface area contributed by atoms with Crippen molar-refractivity contribution in [3.63, 3.8) is 0 Å². The molecule has 4 heteroatoms. The first-order valence-corrected chi connectivity index (χ1v) is 4.47. The maximum atomic E-state index is 10.9. The molecule has 4 N–H and O–H groups in total. The summed E-state index contributed by atoms with van der Waals surface area (Å²) in [5.41, 5.74) is 11.7. The monoisotopic (exact) mass is 194 g/mol. The van der Waals surface area contributed by atoms with Crippen LogP contribution in [-0.4, -0.2) is 12.5 Å². The molecule has 0 aromatic heterocycles. The number of hydrogen-bond acceptors (Lipinski definition) is 3. The van der Waals surface area contributed by atoms with E-state index in [1.54, 1.807) is 18.2 Å². The summed E-state index contributed by atoms with van der Waals surface area (Å²) in [7, 11) is 0. The number of rotatable bonds is 4. The Hall–Kier alpha value is -1.71. The molecular weight excluding hydrogens is 180 g/mol. The fourth-order valence-corrected chi connectivity index (χ4v) is 1.02. The van der Waals surface area contributed by atoms with E-state index < -0.39 is 5.91 Å². The molecule has 0 fully saturated rings. The molecule has 1 aromatic carbocycles. The molecule has 0 atom stereocenters. The highest BCUT2D eigenvalue weighted by molar-refractivity contribution is 5.93. The summed E-state index contributed by atoms with van der Waals surface area (Å²) in [5.74, 6) is 0.0366. The van der Waals surface area contributed by atoms with Crippen LogP contribution in [0.4, 0.5) is 5.69 Å². The summed E-state index contributed by atoms with van der Waals surface area (Å²) in [6.07, 6.45) is 0.889. The first-order valence-electron chi connectivity index (χ1n) is 4.47. The first kappa shape index (κ1) is 10.4. The molecule has 0 radical (unpaired) electrons. The van der Waals surface area contributed by atoms with Crippen LogP contribution in [0.2, 0.25) is 0 Å². The van der Waals surface area contributed by atoms with E-state index in [1.165, 1.54) is 0 Å². The summed E-state index contributed by atoms with van der Waals surface area (Å²) in [6, 6.07) is 4.76. The van der Waals surface area contributed by atoms with Crippen LogP contribution in [0.1, 0.15) is 23.7 Å². The lowest BCUT2D eigenvalue weighted by molar-refractivity contribution is 0.1000. The van der Waals surface area contributed by atoms with Gasteiger partial charge in [0.15, 0.2) is 0 Å². The number of ether oxygens (including phenoxy) is 1. The molecule has 0 bridgehead atoms. The second-order valence-corrected chi connectivity index (χ2v) is 2.97. The Labute approximate surface area is 82.8 Å². The molecule has 0 spiro atoms. The van der Waals surface area contributed by atoms with Gasteiger partial charge in [0.05, 0.1) is 12.3 Å². The zero-order chi connectivity index (χ0) is 10.6. The Balaban J connectivity index is 2.90. The Bertz CT molecular complexity index is 337. The predicted octanol–water partition coefficient (Wildman–Crippen LogP) is 1.16. The zero-order valence-corrected chi connectivity index (χ0v) is 8.12. The van der Waals surface area contributed by atoms with Gasteiger partial charge in [0, 0.05) is 5.56 Å². The van der Waals surface area contributed by atoms with Crippen molar-refractivity contribution < 1.29 is 9.53 Å². The average molecular weight is 194 g/mol. The van der Waals surface area contributed by atoms with Crippen LogP contribution in [0.25, 0.3) is 0 Å². The number of benzene rings is 1. The fourth-order valence-electron chi connectivity index (χ4n) is 1.02. The maximum absolute atomic E-state index is 10.9. The van der Waals surface area contributed by atoms with Gasteiger partial charge >= 0.3 is 0 Å². The third kappa shape index (κ3) is 2.39. The van der Waals surface area contributed by atoms with E-state index in [0.717, 1.165) is 6.42 Å². The fraction of sp³-hybridized carbons (Fsp3) is 0.300. The molecule has 0 saturated carbocycles. The molecule has 0 unspecified atom stereocenters. The Morgan fingerprint density at radius 1 is 1.50 bits per heavy atom. The molecule has 76 valence electrons. The van der Waals surface area contributed by atoms with Crippen LogP contribution >= 0.6 is 0 Å². The summed E-state index contributed by atoms with van der Waals surface area (Å²) in [6.45, 7) is 2.57. The van der Waals surface area contributed by atoms with Crippen molar-refractivity contribution in [1.82, 2.24) is 0 Å². The second-order valence-electron chi connectivity index (χ2n) is 2.97. The molecule has 1 aromatic rings. The van der Waals surface area contributed by atoms with Gasteiger partial charge < -0.3 is 16.2 Å². The molecule has 14 heavy (non-hydrogen) atoms. The van der Waals surface area contributed by atoms with E-state index in [-0.39, 0.29) is 0 Å². The van der Waals surface area contributed by atoms with Gasteiger partial charge in [0.1, 0.15) is 5.75 Å². The lowest BCUT2D eigenvalue weighted by atomic mass is 10.2. The third-order valence-corrected chi connectivity index (χ3v) is 1.76. The first-order chi connectivity index (χ1) is 6.65. The quantitative estimate of drug-likeness (QED) is 0.706. The van der Waals surface area contributed by atoms with E-state index in [1.807, 2.05) is 6.92 Å². The molecule has 0 aliphatic rings. The van der Waals surface area contributed by atoms with Crippen LogP contribution in [0.15, 0.2) is 18.2 Å². The average Bonchev–Trinajstić information content (AvgIpc) is 2.16. The van der Waals surface area contributed by atoms with E-state index >= 15 is 0 Å². The van der Waals surface area contributed by atoms with Crippen molar-refractivity contribution in [2.75, 3.05) is 12.3 Å². The van der Waals surface area contributed by atoms with Gasteiger partial charge in [-0.25, -0.2) is 0 Å². The largest absolute Gasteiger partial charge is 0.491 e. The van der Waals surface area contributed by atoms with Crippen LogP contribution in [-0.2, 0) is 0 Å². The van der Waals surface area contributed by atoms with Gasteiger partial charge in [0.25, 0.3) is 0 Å². The number of carbonyl (C=O) groups is 1. The number of nitrogens with two attached hydrogens (primary N) is 2. The Morgan fingerprint density at radius 3 is 2.79 bits per heavy atom. The minimum atomic E-state index is -0.480. The number of hydrogen-bond donors (Lipinski definition) is 2. The molecule has 0 saturated heterocycles. The van der Waals surface area contributed by atoms with Crippen molar-refractivity contribution in [3.8, 4) is 5.75 Å². The number of nitrogen functional groups attached to an aromatic ring is 1. The summed E-state index contributed by atoms with van der Waals surface area (Å²) in [5, 5.41) is 0. The second kappa shape index (κ2) is 4.50. The minimum Gasteiger partial charge on any atom is -0.491 e. The summed E-state index contributed by atoms with van der Waals surface area (Å²) < 4.78 is 5.34. The number of primary amides is 1. The smallest absolute Gasteiger partial charge is 0.248 e. The molecule has 1 rings (SSSR count). The zero-order valence-electron chi connectivity index (χ0n) is 8.12. The predicted molar refractivity (Wildman–Crippen MR) is 55.2 cm³/mol. The minimum absolute atomic E-state index is 0.408. The van der Waals surface area contributed by atoms with Crippen molar-refractivity contribution in [2.24, 2.45) is 5.73 Å². The highest BCUT2D eigenvalue weighted by Gasteiger charge is 2.05. The van der Waals surface area contributed by atoms with Crippen LogP contribution in [0.5, 0.6) is 5.75 Å². The van der Waals surface area contributed by atoms with Gasteiger partial charge in [-0.2, -0.15) is 0 Å². The lowest BCUT2D eigenvalue weighted by Gasteiger charge is -2.08. The molecule has 0 aliphatic carbocycles. The van der Waals surface area contributed by atoms with E-state index in [9.17, 15) is 4.79 Å². The highest BCUT2D eigenvalue weighted by Crippen LogP contribution is 2.22. The third-order valence-electron chi connectivity index (χ3n) is 1.76. The maximum Gasteiger partial charge on any atom is 0.248 e. The van der Waals surface area contributed by atoms with Crippen LogP contribution < -0.4 is 16.2 Å². The van der Waals surface area contributed by atoms with E-state index in [2.05, 4.69) is 0 Å². The van der Waals surface area contributed by atoms with Crippen LogP contribution in [0.3, 0.4) is 0 Å². The molecule has 4 nitrogen and oxygen atoms in total. The SMILES string of the molecule is CCCOc1cc(C(N)=O)ccc1N. The number of amides is 1. The number of carbonyl (C=O) groups excluding carboxylic acids is 1. The van der Waals surface area contributed by atoms with Crippen molar-refractivity contribution in [2.45, 2.75) is 13.3 Å². The molecule has 0 heterocycles. The van der Waals surface area contributed by atoms with Crippen molar-refractivity contribution in [1.29, 1.82) is 0 Å². The van der Waals surface area contributed by atoms with Gasteiger partial charge in [0.2, 0.25) is 5.91 Å². The lowest BCUT2D eigenvalue weighted by Crippen LogP contribution is -2.11. The van der Waals surface area contributed by atoms with Gasteiger partial charge in [-0.15, -0.1) is 0 Å². The summed E-state index contributed by atoms with van der Waals surface area (Å²) in [4.78, 5) is 10.9. The van der Waals surface area contributed by atoms with E-state index in [0.29, 0.717) is 23.6 Å². The molecule has 1 amide bonds. The molecular formula is C10H14N2O2. The van der Waals surface area contributed by atoms with Gasteiger partial charge in [-0.3, -0.25) is 4.79 Å². The summed E-state index contributed by atoms with van der Waals surface area (Å²) >= 11 is 0. The highest BCUT2D eigenvalue weighted by atomic mass is 16.5. The van der Waals surface area contributed by atoms with Gasteiger partial charge in [-0.1, -0.05) is 6.92 Å². The topological polar surface area (TPSA) is 78.3 Å².